The molecule has 1 aliphatic rings. The van der Waals surface area contributed by atoms with Gasteiger partial charge in [0.1, 0.15) is 40.7 Å². The first kappa shape index (κ1) is 27.6. The number of fused-ring (bicyclic) bond motifs is 1. The van der Waals surface area contributed by atoms with Crippen LogP contribution >= 0.6 is 12.2 Å². The quantitative estimate of drug-likeness (QED) is 0.127. The molecule has 0 bridgehead atoms. The average molecular weight is 588 g/mol. The third-order valence-electron chi connectivity index (χ3n) is 6.77. The van der Waals surface area contributed by atoms with Crippen LogP contribution in [0.1, 0.15) is 11.1 Å². The van der Waals surface area contributed by atoms with Crippen LogP contribution in [0, 0.1) is 0 Å². The predicted molar refractivity (Wildman–Crippen MR) is 168 cm³/mol. The number of anilines is 1. The molecule has 212 valence electrons. The van der Waals surface area contributed by atoms with Crippen molar-refractivity contribution in [3.63, 3.8) is 0 Å². The number of hydrogen-bond donors (Lipinski definition) is 1. The number of pyridine rings is 1. The number of benzene rings is 4. The molecule has 0 aliphatic carbocycles. The summed E-state index contributed by atoms with van der Waals surface area (Å²) in [4.78, 5) is 32.2. The second-order valence-electron chi connectivity index (χ2n) is 9.56. The molecule has 2 heterocycles. The first-order chi connectivity index (χ1) is 21.0. The summed E-state index contributed by atoms with van der Waals surface area (Å²) in [6, 6.07) is 31.2. The number of thiocarbonyl (C=S) groups is 1. The predicted octanol–water partition coefficient (Wildman–Crippen LogP) is 6.45. The van der Waals surface area contributed by atoms with Gasteiger partial charge in [0.15, 0.2) is 5.11 Å². The average Bonchev–Trinajstić information content (AvgIpc) is 3.03. The zero-order valence-corrected chi connectivity index (χ0v) is 23.8. The van der Waals surface area contributed by atoms with Gasteiger partial charge in [-0.25, -0.2) is 0 Å². The van der Waals surface area contributed by atoms with Gasteiger partial charge in [-0.2, -0.15) is 0 Å². The summed E-state index contributed by atoms with van der Waals surface area (Å²) in [7, 11) is 1.57. The minimum absolute atomic E-state index is 0.00334. The van der Waals surface area contributed by atoms with Crippen LogP contribution in [-0.2, 0) is 16.2 Å². The third-order valence-corrected chi connectivity index (χ3v) is 7.05. The van der Waals surface area contributed by atoms with E-state index in [2.05, 4.69) is 10.3 Å². The summed E-state index contributed by atoms with van der Waals surface area (Å²) in [5, 5.41) is 3.59. The molecule has 43 heavy (non-hydrogen) atoms. The van der Waals surface area contributed by atoms with Gasteiger partial charge in [-0.3, -0.25) is 24.8 Å². The fraction of sp³-hybridized carbons (Fsp3) is 0.0588. The summed E-state index contributed by atoms with van der Waals surface area (Å²) < 4.78 is 17.5. The van der Waals surface area contributed by atoms with Crippen molar-refractivity contribution in [2.45, 2.75) is 6.61 Å². The molecule has 0 unspecified atom stereocenters. The number of para-hydroxylation sites is 2. The molecule has 0 atom stereocenters. The van der Waals surface area contributed by atoms with Gasteiger partial charge in [0.25, 0.3) is 11.8 Å². The van der Waals surface area contributed by atoms with E-state index in [1.54, 1.807) is 49.7 Å². The summed E-state index contributed by atoms with van der Waals surface area (Å²) >= 11 is 5.36. The van der Waals surface area contributed by atoms with Crippen molar-refractivity contribution in [3.05, 3.63) is 126 Å². The second-order valence-corrected chi connectivity index (χ2v) is 9.94. The lowest BCUT2D eigenvalue weighted by Gasteiger charge is -2.29. The minimum atomic E-state index is -0.578. The number of nitrogens with one attached hydrogen (secondary N) is 1. The SMILES string of the molecule is COc1ccc(C=C2C(=O)NC(=S)N(c3ccc(Oc4ccccc4)cc3)C2=O)cc1COc1cccc2cccnc12. The van der Waals surface area contributed by atoms with Gasteiger partial charge in [-0.1, -0.05) is 42.5 Å². The van der Waals surface area contributed by atoms with Crippen LogP contribution < -0.4 is 24.4 Å². The highest BCUT2D eigenvalue weighted by molar-refractivity contribution is 7.80. The highest BCUT2D eigenvalue weighted by atomic mass is 32.1. The molecular weight excluding hydrogens is 562 g/mol. The number of amides is 2. The molecule has 0 spiro atoms. The Labute approximate surface area is 253 Å². The lowest BCUT2D eigenvalue weighted by Crippen LogP contribution is -2.54. The molecule has 8 nitrogen and oxygen atoms in total. The van der Waals surface area contributed by atoms with Gasteiger partial charge in [0.05, 0.1) is 12.8 Å². The van der Waals surface area contributed by atoms with Crippen LogP contribution in [0.5, 0.6) is 23.0 Å². The Hall–Kier alpha value is -5.54. The summed E-state index contributed by atoms with van der Waals surface area (Å²) in [6.45, 7) is 0.184. The lowest BCUT2D eigenvalue weighted by atomic mass is 10.0. The van der Waals surface area contributed by atoms with Crippen molar-refractivity contribution in [1.82, 2.24) is 10.3 Å². The van der Waals surface area contributed by atoms with Crippen LogP contribution in [0.3, 0.4) is 0 Å². The molecule has 0 saturated carbocycles. The van der Waals surface area contributed by atoms with Crippen LogP contribution in [0.2, 0.25) is 0 Å². The number of ether oxygens (including phenoxy) is 3. The van der Waals surface area contributed by atoms with Gasteiger partial charge in [0.2, 0.25) is 0 Å². The molecule has 1 N–H and O–H groups in total. The Balaban J connectivity index is 1.24. The zero-order valence-electron chi connectivity index (χ0n) is 23.0. The highest BCUT2D eigenvalue weighted by Crippen LogP contribution is 2.29. The highest BCUT2D eigenvalue weighted by Gasteiger charge is 2.34. The number of hydrogen-bond acceptors (Lipinski definition) is 7. The van der Waals surface area contributed by atoms with E-state index in [9.17, 15) is 9.59 Å². The van der Waals surface area contributed by atoms with Gasteiger partial charge < -0.3 is 14.2 Å². The standard InChI is InChI=1S/C34H25N3O5S/c1-40-29-17-12-22(19-24(29)21-41-30-11-5-7-23-8-6-18-35-31(23)30)20-28-32(38)36-34(43)37(33(28)39)25-13-15-27(16-14-25)42-26-9-3-2-4-10-26/h2-20H,21H2,1H3,(H,36,38,43). The number of methoxy groups -OCH3 is 1. The number of rotatable bonds is 8. The monoisotopic (exact) mass is 587 g/mol. The molecular formula is C34H25N3O5S. The normalized spacial score (nSPS) is 14.1. The van der Waals surface area contributed by atoms with E-state index in [0.717, 1.165) is 16.5 Å². The Morgan fingerprint density at radius 3 is 2.42 bits per heavy atom. The summed E-state index contributed by atoms with van der Waals surface area (Å²) in [5.41, 5.74) is 2.54. The van der Waals surface area contributed by atoms with E-state index in [0.29, 0.717) is 34.2 Å². The van der Waals surface area contributed by atoms with Crippen molar-refractivity contribution in [2.75, 3.05) is 12.0 Å². The minimum Gasteiger partial charge on any atom is -0.496 e. The van der Waals surface area contributed by atoms with Crippen molar-refractivity contribution < 1.29 is 23.8 Å². The summed E-state index contributed by atoms with van der Waals surface area (Å²) in [6.07, 6.45) is 3.25. The number of nitrogens with zero attached hydrogens (tertiary/aromatic N) is 2. The smallest absolute Gasteiger partial charge is 0.270 e. The number of carbonyl (C=O) groups is 2. The second kappa shape index (κ2) is 12.1. The van der Waals surface area contributed by atoms with E-state index < -0.39 is 11.8 Å². The molecule has 1 aliphatic heterocycles. The topological polar surface area (TPSA) is 90.0 Å². The van der Waals surface area contributed by atoms with Crippen molar-refractivity contribution in [2.24, 2.45) is 0 Å². The fourth-order valence-electron chi connectivity index (χ4n) is 4.70. The Morgan fingerprint density at radius 1 is 0.860 bits per heavy atom. The largest absolute Gasteiger partial charge is 0.496 e. The maximum atomic E-state index is 13.6. The molecule has 1 saturated heterocycles. The lowest BCUT2D eigenvalue weighted by molar-refractivity contribution is -0.122. The fourth-order valence-corrected chi connectivity index (χ4v) is 4.98. The van der Waals surface area contributed by atoms with E-state index in [4.69, 9.17) is 26.4 Å². The molecule has 6 rings (SSSR count). The Morgan fingerprint density at radius 2 is 1.63 bits per heavy atom. The van der Waals surface area contributed by atoms with Crippen molar-refractivity contribution in [3.8, 4) is 23.0 Å². The number of aromatic nitrogens is 1. The van der Waals surface area contributed by atoms with Crippen molar-refractivity contribution in [1.29, 1.82) is 0 Å². The van der Waals surface area contributed by atoms with Crippen LogP contribution in [-0.4, -0.2) is 29.0 Å². The molecule has 2 amide bonds. The van der Waals surface area contributed by atoms with E-state index in [1.165, 1.54) is 11.0 Å². The maximum absolute atomic E-state index is 13.6. The molecule has 9 heteroatoms. The van der Waals surface area contributed by atoms with Crippen LogP contribution in [0.25, 0.3) is 17.0 Å². The van der Waals surface area contributed by atoms with Gasteiger partial charge >= 0.3 is 0 Å². The van der Waals surface area contributed by atoms with Crippen LogP contribution in [0.15, 0.2) is 115 Å². The first-order valence-corrected chi connectivity index (χ1v) is 13.8. The van der Waals surface area contributed by atoms with Gasteiger partial charge in [-0.15, -0.1) is 0 Å². The van der Waals surface area contributed by atoms with Crippen LogP contribution in [0.4, 0.5) is 5.69 Å². The van der Waals surface area contributed by atoms with E-state index in [-0.39, 0.29) is 17.3 Å². The summed E-state index contributed by atoms with van der Waals surface area (Å²) in [5.74, 6) is 1.41. The first-order valence-electron chi connectivity index (χ1n) is 13.4. The van der Waals surface area contributed by atoms with E-state index in [1.807, 2.05) is 66.7 Å². The molecule has 1 aromatic heterocycles. The molecule has 0 radical (unpaired) electrons. The Kier molecular flexibility index (Phi) is 7.80. The molecule has 5 aromatic rings. The number of carbonyl (C=O) groups excluding carboxylic acids is 2. The van der Waals surface area contributed by atoms with Crippen molar-refractivity contribution >= 4 is 51.8 Å². The van der Waals surface area contributed by atoms with Gasteiger partial charge in [0, 0.05) is 17.1 Å². The zero-order chi connectivity index (χ0) is 29.8. The van der Waals surface area contributed by atoms with Gasteiger partial charge in [-0.05, 0) is 84.5 Å². The third kappa shape index (κ3) is 5.93. The molecule has 1 fully saturated rings. The van der Waals surface area contributed by atoms with E-state index >= 15 is 0 Å². The molecule has 4 aromatic carbocycles. The maximum Gasteiger partial charge on any atom is 0.270 e. The Bertz CT molecular complexity index is 1870.